The van der Waals surface area contributed by atoms with Gasteiger partial charge in [0.15, 0.2) is 5.82 Å². The standard InChI is InChI=1S/C24H49N9/c1-6-7-15-33-23(2,3)16-19(17-24(33,4)5)31-22-30-18-29-21(32-22)20(26)9-12-28-14-13-27-11-8-10-25/h18-20,27-28H,6-17,25-26H2,1-5H3,(H,29,30,31,32). The first-order valence-electron chi connectivity index (χ1n) is 12.8. The molecule has 1 aromatic heterocycles. The van der Waals surface area contributed by atoms with Crippen molar-refractivity contribution in [3.63, 3.8) is 0 Å². The lowest BCUT2D eigenvalue weighted by atomic mass is 9.76. The molecule has 0 aliphatic carbocycles. The highest BCUT2D eigenvalue weighted by molar-refractivity contribution is 5.27. The number of nitrogens with one attached hydrogen (secondary N) is 3. The van der Waals surface area contributed by atoms with Crippen molar-refractivity contribution in [2.45, 2.75) is 96.3 Å². The Morgan fingerprint density at radius 1 is 1.03 bits per heavy atom. The van der Waals surface area contributed by atoms with Crippen LogP contribution in [0.5, 0.6) is 0 Å². The number of hydrogen-bond donors (Lipinski definition) is 5. The zero-order chi connectivity index (χ0) is 24.3. The first kappa shape index (κ1) is 27.9. The maximum atomic E-state index is 6.37. The van der Waals surface area contributed by atoms with Crippen molar-refractivity contribution in [2.75, 3.05) is 44.6 Å². The van der Waals surface area contributed by atoms with E-state index in [4.69, 9.17) is 11.5 Å². The van der Waals surface area contributed by atoms with E-state index in [0.29, 0.717) is 17.8 Å². The molecule has 0 saturated carbocycles. The molecule has 1 unspecified atom stereocenters. The van der Waals surface area contributed by atoms with Crippen LogP contribution in [0.2, 0.25) is 0 Å². The summed E-state index contributed by atoms with van der Waals surface area (Å²) in [4.78, 5) is 16.1. The van der Waals surface area contributed by atoms with Crippen LogP contribution in [0, 0.1) is 0 Å². The first-order valence-corrected chi connectivity index (χ1v) is 12.8. The summed E-state index contributed by atoms with van der Waals surface area (Å²) in [6.07, 6.45) is 7.92. The first-order chi connectivity index (χ1) is 15.7. The third-order valence-electron chi connectivity index (χ3n) is 6.61. The Hall–Kier alpha value is -1.39. The monoisotopic (exact) mass is 463 g/mol. The Morgan fingerprint density at radius 3 is 2.33 bits per heavy atom. The summed E-state index contributed by atoms with van der Waals surface area (Å²) in [7, 11) is 0. The predicted octanol–water partition coefficient (Wildman–Crippen LogP) is 2.02. The molecule has 9 heteroatoms. The zero-order valence-corrected chi connectivity index (χ0v) is 21.7. The fourth-order valence-corrected chi connectivity index (χ4v) is 5.12. The summed E-state index contributed by atoms with van der Waals surface area (Å²) in [5, 5.41) is 10.4. The Morgan fingerprint density at radius 2 is 1.70 bits per heavy atom. The van der Waals surface area contributed by atoms with Gasteiger partial charge in [-0.15, -0.1) is 0 Å². The molecule has 0 amide bonds. The van der Waals surface area contributed by atoms with Crippen molar-refractivity contribution < 1.29 is 0 Å². The van der Waals surface area contributed by atoms with Crippen LogP contribution >= 0.6 is 0 Å². The van der Waals surface area contributed by atoms with E-state index in [2.05, 4.69) is 70.4 Å². The van der Waals surface area contributed by atoms with Crippen LogP contribution < -0.4 is 27.4 Å². The molecule has 1 fully saturated rings. The van der Waals surface area contributed by atoms with Crippen LogP contribution in [0.4, 0.5) is 5.95 Å². The van der Waals surface area contributed by atoms with Gasteiger partial charge in [-0.05, 0) is 86.0 Å². The quantitative estimate of drug-likeness (QED) is 0.248. The summed E-state index contributed by atoms with van der Waals surface area (Å²) >= 11 is 0. The highest BCUT2D eigenvalue weighted by Gasteiger charge is 2.44. The van der Waals surface area contributed by atoms with Crippen molar-refractivity contribution in [2.24, 2.45) is 11.5 Å². The third-order valence-corrected chi connectivity index (χ3v) is 6.61. The molecule has 2 rings (SSSR count). The summed E-state index contributed by atoms with van der Waals surface area (Å²) in [5.41, 5.74) is 12.1. The molecule has 2 heterocycles. The minimum atomic E-state index is -0.213. The van der Waals surface area contributed by atoms with Crippen molar-refractivity contribution >= 4 is 5.95 Å². The van der Waals surface area contributed by atoms with Crippen LogP contribution in [-0.4, -0.2) is 76.2 Å². The lowest BCUT2D eigenvalue weighted by molar-refractivity contribution is -0.0323. The van der Waals surface area contributed by atoms with Gasteiger partial charge in [0.25, 0.3) is 0 Å². The van der Waals surface area contributed by atoms with Gasteiger partial charge in [0.1, 0.15) is 6.33 Å². The van der Waals surface area contributed by atoms with E-state index in [0.717, 1.165) is 65.0 Å². The molecule has 7 N–H and O–H groups in total. The van der Waals surface area contributed by atoms with Crippen LogP contribution in [0.25, 0.3) is 0 Å². The van der Waals surface area contributed by atoms with Crippen LogP contribution in [0.1, 0.15) is 85.0 Å². The molecule has 0 spiro atoms. The maximum absolute atomic E-state index is 6.37. The van der Waals surface area contributed by atoms with Crippen molar-refractivity contribution in [1.29, 1.82) is 0 Å². The molecule has 9 nitrogen and oxygen atoms in total. The zero-order valence-electron chi connectivity index (χ0n) is 21.7. The van der Waals surface area contributed by atoms with Crippen molar-refractivity contribution in [1.82, 2.24) is 30.5 Å². The number of anilines is 1. The molecule has 1 aliphatic heterocycles. The number of rotatable bonds is 15. The van der Waals surface area contributed by atoms with E-state index in [9.17, 15) is 0 Å². The minimum Gasteiger partial charge on any atom is -0.351 e. The van der Waals surface area contributed by atoms with Crippen molar-refractivity contribution in [3.05, 3.63) is 12.2 Å². The Kier molecular flexibility index (Phi) is 11.4. The second kappa shape index (κ2) is 13.5. The van der Waals surface area contributed by atoms with E-state index in [1.807, 2.05) is 0 Å². The van der Waals surface area contributed by atoms with E-state index in [-0.39, 0.29) is 17.1 Å². The fraction of sp³-hybridized carbons (Fsp3) is 0.875. The molecule has 1 aromatic rings. The number of aromatic nitrogens is 3. The number of unbranched alkanes of at least 4 members (excludes halogenated alkanes) is 1. The minimum absolute atomic E-state index is 0.117. The molecular weight excluding hydrogens is 414 g/mol. The van der Waals surface area contributed by atoms with Gasteiger partial charge in [-0.1, -0.05) is 13.3 Å². The number of likely N-dealkylation sites (tertiary alicyclic amines) is 1. The lowest BCUT2D eigenvalue weighted by Crippen LogP contribution is -2.63. The molecule has 1 aliphatic rings. The Balaban J connectivity index is 1.85. The second-order valence-corrected chi connectivity index (χ2v) is 10.6. The normalized spacial score (nSPS) is 19.5. The lowest BCUT2D eigenvalue weighted by Gasteiger charge is -2.55. The Labute approximate surface area is 201 Å². The number of piperidine rings is 1. The third kappa shape index (κ3) is 9.05. The number of nitrogens with two attached hydrogens (primary N) is 2. The molecule has 0 radical (unpaired) electrons. The van der Waals surface area contributed by atoms with Crippen LogP contribution in [0.15, 0.2) is 6.33 Å². The largest absolute Gasteiger partial charge is 0.351 e. The predicted molar refractivity (Wildman–Crippen MR) is 137 cm³/mol. The molecule has 0 bridgehead atoms. The van der Waals surface area contributed by atoms with Gasteiger partial charge in [-0.2, -0.15) is 4.98 Å². The molecule has 1 saturated heterocycles. The summed E-state index contributed by atoms with van der Waals surface area (Å²) in [6, 6.07) is 0.0998. The molecule has 33 heavy (non-hydrogen) atoms. The molecule has 0 aromatic carbocycles. The van der Waals surface area contributed by atoms with Gasteiger partial charge in [-0.3, -0.25) is 4.90 Å². The number of hydrogen-bond acceptors (Lipinski definition) is 9. The Bertz CT molecular complexity index is 662. The van der Waals surface area contributed by atoms with Gasteiger partial charge in [0.2, 0.25) is 5.95 Å². The van der Waals surface area contributed by atoms with Gasteiger partial charge in [0.05, 0.1) is 6.04 Å². The van der Waals surface area contributed by atoms with E-state index < -0.39 is 0 Å². The van der Waals surface area contributed by atoms with Crippen molar-refractivity contribution in [3.8, 4) is 0 Å². The number of nitrogens with zero attached hydrogens (tertiary/aromatic N) is 4. The fourth-order valence-electron chi connectivity index (χ4n) is 5.12. The van der Waals surface area contributed by atoms with E-state index in [1.165, 1.54) is 12.8 Å². The van der Waals surface area contributed by atoms with Gasteiger partial charge in [0, 0.05) is 30.2 Å². The van der Waals surface area contributed by atoms with Gasteiger partial charge < -0.3 is 27.4 Å². The SMILES string of the molecule is CCCCN1C(C)(C)CC(Nc2ncnc(C(N)CCNCCNCCCN)n2)CC1(C)C. The van der Waals surface area contributed by atoms with E-state index in [1.54, 1.807) is 6.33 Å². The summed E-state index contributed by atoms with van der Waals surface area (Å²) in [6.45, 7) is 17.2. The van der Waals surface area contributed by atoms with Gasteiger partial charge in [-0.25, -0.2) is 9.97 Å². The van der Waals surface area contributed by atoms with Crippen LogP contribution in [0.3, 0.4) is 0 Å². The smallest absolute Gasteiger partial charge is 0.226 e. The second-order valence-electron chi connectivity index (χ2n) is 10.6. The van der Waals surface area contributed by atoms with Crippen LogP contribution in [-0.2, 0) is 0 Å². The summed E-state index contributed by atoms with van der Waals surface area (Å²) < 4.78 is 0. The average molecular weight is 464 g/mol. The highest BCUT2D eigenvalue weighted by Crippen LogP contribution is 2.39. The maximum Gasteiger partial charge on any atom is 0.226 e. The molecule has 190 valence electrons. The highest BCUT2D eigenvalue weighted by atomic mass is 15.3. The molecular formula is C24H49N9. The van der Waals surface area contributed by atoms with Gasteiger partial charge >= 0.3 is 0 Å². The van der Waals surface area contributed by atoms with E-state index >= 15 is 0 Å². The average Bonchev–Trinajstić information content (AvgIpc) is 2.74. The topological polar surface area (TPSA) is 130 Å². The summed E-state index contributed by atoms with van der Waals surface area (Å²) in [5.74, 6) is 1.28. The molecule has 1 atom stereocenters.